The smallest absolute Gasteiger partial charge is 0.197 e. The number of imidazole rings is 1. The van der Waals surface area contributed by atoms with E-state index in [1.807, 2.05) is 0 Å². The van der Waals surface area contributed by atoms with Gasteiger partial charge in [0.2, 0.25) is 0 Å². The fourth-order valence-corrected chi connectivity index (χ4v) is 3.51. The summed E-state index contributed by atoms with van der Waals surface area (Å²) in [5.74, 6) is -0.0384. The van der Waals surface area contributed by atoms with Gasteiger partial charge in [0.25, 0.3) is 0 Å². The van der Waals surface area contributed by atoms with Crippen molar-refractivity contribution in [3.05, 3.63) is 66.1 Å². The normalized spacial score (nSPS) is 15.6. The predicted octanol–water partition coefficient (Wildman–Crippen LogP) is 3.37. The topological polar surface area (TPSA) is 72.8 Å². The monoisotopic (exact) mass is 372 g/mol. The standard InChI is InChI=1S/C19H18N4O2S/c1-13-17(20-8-7-18(13)25-2)12-26(24)19-21-15-6-5-14(11-16(15)22-19)23-9-3-4-10-23/h3-11H,12H2,1-2H3,(H,21,22)/i5D,6D,7D,8D,11D/hD. The zero-order valence-electron chi connectivity index (χ0n) is 20.0. The number of nitrogens with one attached hydrogen (secondary N) is 1. The molecule has 6 nitrogen and oxygen atoms in total. The maximum atomic E-state index is 13.1. The van der Waals surface area contributed by atoms with Crippen LogP contribution in [-0.2, 0) is 16.6 Å². The maximum absolute atomic E-state index is 13.1. The summed E-state index contributed by atoms with van der Waals surface area (Å²) < 4.78 is 69.1. The van der Waals surface area contributed by atoms with Crippen LogP contribution in [0.15, 0.2) is 60.0 Å². The SMILES string of the molecule is [2H]c1nc(CS(=O)c2nc3c([2H])c(-n4cccc4)c([2H])c([2H])c3n2[2H])c(C)c(OC)c1[2H]. The summed E-state index contributed by atoms with van der Waals surface area (Å²) in [6.07, 6.45) is 2.96. The maximum Gasteiger partial charge on any atom is 0.197 e. The number of H-pyrrole nitrogens is 1. The van der Waals surface area contributed by atoms with Crippen LogP contribution < -0.4 is 4.74 Å². The first-order valence-electron chi connectivity index (χ1n) is 10.7. The van der Waals surface area contributed by atoms with E-state index in [0.717, 1.165) is 4.98 Å². The Labute approximate surface area is 161 Å². The lowest BCUT2D eigenvalue weighted by atomic mass is 10.2. The molecular weight excluding hydrogens is 348 g/mol. The van der Waals surface area contributed by atoms with E-state index in [2.05, 4.69) is 9.97 Å². The van der Waals surface area contributed by atoms with Gasteiger partial charge in [-0.25, -0.2) is 4.98 Å². The van der Waals surface area contributed by atoms with Crippen LogP contribution in [0.25, 0.3) is 16.7 Å². The number of ether oxygens (including phenoxy) is 1. The molecule has 0 saturated carbocycles. The van der Waals surface area contributed by atoms with Crippen molar-refractivity contribution >= 4 is 21.8 Å². The number of methoxy groups -OCH3 is 1. The summed E-state index contributed by atoms with van der Waals surface area (Å²) >= 11 is 0. The fraction of sp³-hybridized carbons (Fsp3) is 0.158. The molecule has 1 unspecified atom stereocenters. The van der Waals surface area contributed by atoms with Gasteiger partial charge in [-0.3, -0.25) is 9.19 Å². The molecule has 0 spiro atoms. The van der Waals surface area contributed by atoms with E-state index in [-0.39, 0.29) is 69.4 Å². The van der Waals surface area contributed by atoms with E-state index in [0.29, 0.717) is 5.56 Å². The second-order valence-corrected chi connectivity index (χ2v) is 6.81. The summed E-state index contributed by atoms with van der Waals surface area (Å²) in [6, 6.07) is 2.59. The van der Waals surface area contributed by atoms with Crippen molar-refractivity contribution in [2.75, 3.05) is 7.11 Å². The summed E-state index contributed by atoms with van der Waals surface area (Å²) in [5, 5.41) is -0.201. The van der Waals surface area contributed by atoms with Crippen LogP contribution in [-0.4, -0.2) is 30.8 Å². The first-order valence-corrected chi connectivity index (χ1v) is 9.03. The molecule has 0 bridgehead atoms. The van der Waals surface area contributed by atoms with E-state index in [9.17, 15) is 4.21 Å². The number of aromatic nitrogens is 4. The minimum Gasteiger partial charge on any atom is -0.496 e. The van der Waals surface area contributed by atoms with E-state index in [1.165, 1.54) is 11.7 Å². The van der Waals surface area contributed by atoms with Crippen LogP contribution in [0, 0.1) is 6.92 Å². The Balaban J connectivity index is 1.84. The molecule has 0 aliphatic heterocycles. The molecule has 0 aliphatic carbocycles. The van der Waals surface area contributed by atoms with Gasteiger partial charge in [-0.15, -0.1) is 0 Å². The molecule has 0 fully saturated rings. The molecule has 3 heterocycles. The Morgan fingerprint density at radius 1 is 1.35 bits per heavy atom. The molecule has 132 valence electrons. The van der Waals surface area contributed by atoms with Crippen molar-refractivity contribution in [3.63, 3.8) is 0 Å². The highest BCUT2D eigenvalue weighted by atomic mass is 32.2. The number of nitrogens with zero attached hydrogens (tertiary/aromatic N) is 3. The predicted molar refractivity (Wildman–Crippen MR) is 101 cm³/mol. The Morgan fingerprint density at radius 2 is 2.15 bits per heavy atom. The average Bonchev–Trinajstić information content (AvgIpc) is 3.39. The molecule has 0 aliphatic rings. The Kier molecular flexibility index (Phi) is 2.84. The number of aromatic amines is 1. The molecule has 0 saturated heterocycles. The van der Waals surface area contributed by atoms with Gasteiger partial charge in [-0.05, 0) is 43.2 Å². The van der Waals surface area contributed by atoms with E-state index in [4.69, 9.17) is 13.0 Å². The lowest BCUT2D eigenvalue weighted by Crippen LogP contribution is -2.03. The third-order valence-corrected chi connectivity index (χ3v) is 4.97. The Morgan fingerprint density at radius 3 is 2.92 bits per heavy atom. The minimum absolute atomic E-state index is 0.00185. The fourth-order valence-electron chi connectivity index (χ4n) is 2.46. The van der Waals surface area contributed by atoms with Gasteiger partial charge in [-0.2, -0.15) is 0 Å². The number of rotatable bonds is 5. The van der Waals surface area contributed by atoms with Crippen molar-refractivity contribution in [1.82, 2.24) is 19.5 Å². The number of hydrogen-bond acceptors (Lipinski definition) is 4. The summed E-state index contributed by atoms with van der Waals surface area (Å²) in [7, 11) is -0.542. The zero-order valence-corrected chi connectivity index (χ0v) is 14.8. The Bertz CT molecular complexity index is 1390. The van der Waals surface area contributed by atoms with Gasteiger partial charge in [-0.1, -0.05) is 0 Å². The molecule has 26 heavy (non-hydrogen) atoms. The third-order valence-electron chi connectivity index (χ3n) is 3.85. The van der Waals surface area contributed by atoms with Crippen molar-refractivity contribution < 1.29 is 17.2 Å². The average molecular weight is 372 g/mol. The molecule has 1 aromatic carbocycles. The molecule has 3 aromatic heterocycles. The van der Waals surface area contributed by atoms with E-state index >= 15 is 0 Å². The molecular formula is C19H18N4O2S. The molecule has 1 atom stereocenters. The van der Waals surface area contributed by atoms with E-state index in [1.54, 1.807) is 31.5 Å². The highest BCUT2D eigenvalue weighted by Crippen LogP contribution is 2.22. The van der Waals surface area contributed by atoms with E-state index < -0.39 is 10.8 Å². The van der Waals surface area contributed by atoms with Gasteiger partial charge >= 0.3 is 0 Å². The number of hydrogen-bond donors (Lipinski definition) is 1. The molecule has 0 amide bonds. The van der Waals surface area contributed by atoms with Gasteiger partial charge in [0.15, 0.2) is 6.57 Å². The minimum atomic E-state index is -1.91. The molecule has 4 aromatic rings. The lowest BCUT2D eigenvalue weighted by Gasteiger charge is -2.08. The van der Waals surface area contributed by atoms with Crippen LogP contribution in [0.3, 0.4) is 0 Å². The van der Waals surface area contributed by atoms with Crippen LogP contribution in [0.4, 0.5) is 0 Å². The quantitative estimate of drug-likeness (QED) is 0.583. The summed E-state index contributed by atoms with van der Waals surface area (Å²) in [4.78, 5) is 8.97. The molecule has 1 N–H and O–H groups in total. The number of pyridine rings is 1. The van der Waals surface area contributed by atoms with Crippen molar-refractivity contribution in [1.29, 1.82) is 0 Å². The second-order valence-electron chi connectivity index (χ2n) is 5.46. The van der Waals surface area contributed by atoms with Crippen LogP contribution in [0.1, 0.15) is 18.1 Å². The number of fused-ring (bicyclic) bond motifs is 1. The largest absolute Gasteiger partial charge is 0.496 e. The van der Waals surface area contributed by atoms with Gasteiger partial charge in [0, 0.05) is 29.8 Å². The van der Waals surface area contributed by atoms with Gasteiger partial charge in [0.05, 0.1) is 47.2 Å². The first kappa shape index (κ1) is 10.9. The van der Waals surface area contributed by atoms with Crippen LogP contribution in [0.5, 0.6) is 5.75 Å². The number of benzene rings is 1. The lowest BCUT2D eigenvalue weighted by molar-refractivity contribution is 0.410. The highest BCUT2D eigenvalue weighted by molar-refractivity contribution is 7.84. The van der Waals surface area contributed by atoms with Gasteiger partial charge in [0.1, 0.15) is 5.75 Å². The second kappa shape index (κ2) is 6.76. The van der Waals surface area contributed by atoms with Crippen molar-refractivity contribution in [2.45, 2.75) is 17.8 Å². The summed E-state index contributed by atoms with van der Waals surface area (Å²) in [5.41, 5.74) is 0.789. The van der Waals surface area contributed by atoms with Crippen molar-refractivity contribution in [2.24, 2.45) is 0 Å². The van der Waals surface area contributed by atoms with Crippen LogP contribution in [0.2, 0.25) is 1.41 Å². The third kappa shape index (κ3) is 3.01. The highest BCUT2D eigenvalue weighted by Gasteiger charge is 2.15. The summed E-state index contributed by atoms with van der Waals surface area (Å²) in [6.45, 7) is 1.64. The van der Waals surface area contributed by atoms with Crippen molar-refractivity contribution in [3.8, 4) is 11.4 Å². The molecule has 4 rings (SSSR count). The Hall–Kier alpha value is -2.93. The first-order chi connectivity index (χ1) is 15.2. The van der Waals surface area contributed by atoms with Crippen LogP contribution >= 0.6 is 0 Å². The zero-order chi connectivity index (χ0) is 23.3. The molecule has 0 radical (unpaired) electrons. The molecule has 7 heteroatoms. The van der Waals surface area contributed by atoms with Gasteiger partial charge < -0.3 is 14.3 Å².